The molecule has 0 saturated carbocycles. The van der Waals surface area contributed by atoms with E-state index in [-0.39, 0.29) is 31.5 Å². The Bertz CT molecular complexity index is 2540. The smallest absolute Gasteiger partial charge is 0.407 e. The molecule has 2 amide bonds. The number of hydrogen-bond donors (Lipinski definition) is 3. The van der Waals surface area contributed by atoms with Crippen LogP contribution in [0.4, 0.5) is 10.5 Å². The van der Waals surface area contributed by atoms with Gasteiger partial charge in [-0.3, -0.25) is 4.79 Å². The molecule has 8 heteroatoms. The second kappa shape index (κ2) is 18.3. The third-order valence-electron chi connectivity index (χ3n) is 10.6. The average Bonchev–Trinajstić information content (AvgIpc) is 3.61. The highest BCUT2D eigenvalue weighted by Gasteiger charge is 2.30. The Morgan fingerprint density at radius 2 is 1.02 bits per heavy atom. The van der Waals surface area contributed by atoms with Gasteiger partial charge in [0.05, 0.1) is 0 Å². The van der Waals surface area contributed by atoms with E-state index in [1.54, 1.807) is 24.3 Å². The monoisotopic (exact) mass is 790 g/mol. The summed E-state index contributed by atoms with van der Waals surface area (Å²) in [6, 6.07) is 60.3. The van der Waals surface area contributed by atoms with Crippen molar-refractivity contribution in [1.29, 1.82) is 0 Å². The summed E-state index contributed by atoms with van der Waals surface area (Å²) in [4.78, 5) is 37.9. The second-order valence-electron chi connectivity index (χ2n) is 14.5. The van der Waals surface area contributed by atoms with Crippen molar-refractivity contribution >= 4 is 34.8 Å². The van der Waals surface area contributed by atoms with Gasteiger partial charge >= 0.3 is 12.1 Å². The van der Waals surface area contributed by atoms with Crippen molar-refractivity contribution in [3.05, 3.63) is 227 Å². The number of nitrogens with one attached hydrogen (secondary N) is 2. The van der Waals surface area contributed by atoms with E-state index in [1.165, 1.54) is 0 Å². The number of hydrogen-bond acceptors (Lipinski definition) is 5. The number of amides is 2. The Hall–Kier alpha value is -7.71. The Morgan fingerprint density at radius 1 is 0.550 bits per heavy atom. The number of carbonyl (C=O) groups is 3. The van der Waals surface area contributed by atoms with Crippen LogP contribution in [0.2, 0.25) is 0 Å². The Kier molecular flexibility index (Phi) is 11.9. The highest BCUT2D eigenvalue weighted by atomic mass is 16.5. The van der Waals surface area contributed by atoms with E-state index in [0.717, 1.165) is 55.7 Å². The van der Waals surface area contributed by atoms with Gasteiger partial charge in [0.25, 0.3) is 5.91 Å². The van der Waals surface area contributed by atoms with Gasteiger partial charge in [-0.05, 0) is 85.5 Å². The largest absolute Gasteiger partial charge is 0.484 e. The fourth-order valence-corrected chi connectivity index (χ4v) is 7.73. The summed E-state index contributed by atoms with van der Waals surface area (Å²) in [7, 11) is 0. The van der Waals surface area contributed by atoms with Crippen LogP contribution in [0.25, 0.3) is 22.3 Å². The van der Waals surface area contributed by atoms with E-state index in [9.17, 15) is 19.5 Å². The minimum atomic E-state index is -1.22. The van der Waals surface area contributed by atoms with Gasteiger partial charge in [0.1, 0.15) is 18.4 Å². The zero-order chi connectivity index (χ0) is 41.3. The molecule has 3 N–H and O–H groups in total. The van der Waals surface area contributed by atoms with Crippen LogP contribution in [-0.4, -0.2) is 42.3 Å². The van der Waals surface area contributed by atoms with Crippen LogP contribution in [0.15, 0.2) is 188 Å². The first-order valence-corrected chi connectivity index (χ1v) is 19.8. The summed E-state index contributed by atoms with van der Waals surface area (Å²) in [6.45, 7) is -0.139. The minimum absolute atomic E-state index is 0.0201. The molecule has 296 valence electrons. The molecule has 8 nitrogen and oxygen atoms in total. The third-order valence-corrected chi connectivity index (χ3v) is 10.6. The molecule has 0 aromatic heterocycles. The van der Waals surface area contributed by atoms with Crippen LogP contribution < -0.4 is 15.4 Å². The molecule has 0 bridgehead atoms. The van der Waals surface area contributed by atoms with Gasteiger partial charge in [-0.25, -0.2) is 9.59 Å². The predicted molar refractivity (Wildman–Crippen MR) is 235 cm³/mol. The van der Waals surface area contributed by atoms with E-state index in [1.807, 2.05) is 127 Å². The molecule has 1 atom stereocenters. The van der Waals surface area contributed by atoms with Crippen molar-refractivity contribution in [3.8, 4) is 16.9 Å². The van der Waals surface area contributed by atoms with Gasteiger partial charge in [-0.1, -0.05) is 164 Å². The fraction of sp³-hybridized carbons (Fsp3) is 0.0962. The lowest BCUT2D eigenvalue weighted by Crippen LogP contribution is -2.42. The summed E-state index contributed by atoms with van der Waals surface area (Å²) >= 11 is 0. The van der Waals surface area contributed by atoms with Crippen molar-refractivity contribution in [2.45, 2.75) is 18.4 Å². The lowest BCUT2D eigenvalue weighted by Gasteiger charge is -2.18. The van der Waals surface area contributed by atoms with E-state index >= 15 is 0 Å². The van der Waals surface area contributed by atoms with Gasteiger partial charge in [0, 0.05) is 18.0 Å². The SMILES string of the molecule is O=C(COc1ccc(C(=C(c2ccccc2)c2ccccc2)c2ccccc2)cc1)Nc1ccc(C[C@H](NC(=O)OCC2c3ccccc3-c3ccccc32)C(=O)O)cc1. The third kappa shape index (κ3) is 9.03. The zero-order valence-corrected chi connectivity index (χ0v) is 32.7. The summed E-state index contributed by atoms with van der Waals surface area (Å²) in [5.74, 6) is -1.14. The molecular formula is C52H42N2O6. The molecular weight excluding hydrogens is 749 g/mol. The first-order chi connectivity index (χ1) is 29.4. The number of benzene rings is 7. The quantitative estimate of drug-likeness (QED) is 0.0946. The van der Waals surface area contributed by atoms with Crippen molar-refractivity contribution in [2.75, 3.05) is 18.5 Å². The van der Waals surface area contributed by atoms with Gasteiger partial charge in [-0.2, -0.15) is 0 Å². The number of alkyl carbamates (subject to hydrolysis) is 1. The molecule has 0 saturated heterocycles. The number of fused-ring (bicyclic) bond motifs is 3. The molecule has 1 aliphatic rings. The molecule has 0 aliphatic heterocycles. The zero-order valence-electron chi connectivity index (χ0n) is 32.7. The lowest BCUT2D eigenvalue weighted by atomic mass is 9.86. The van der Waals surface area contributed by atoms with Crippen LogP contribution in [0.5, 0.6) is 5.75 Å². The number of carboxylic acids is 1. The molecule has 8 rings (SSSR count). The standard InChI is InChI=1S/C52H42N2O6/c55-48(34-59-41-30-26-39(27-31-41)50(38-18-8-3-9-19-38)49(36-14-4-1-5-15-36)37-16-6-2-7-17-37)53-40-28-24-35(25-29-40)32-47(51(56)57)54-52(58)60-33-46-44-22-12-10-20-42(44)43-21-11-13-23-45(43)46/h1-31,46-47H,32-34H2,(H,53,55)(H,54,58)(H,56,57)/t47-/m0/s1. The van der Waals surface area contributed by atoms with Gasteiger partial charge in [0.2, 0.25) is 0 Å². The molecule has 7 aromatic carbocycles. The van der Waals surface area contributed by atoms with Crippen LogP contribution in [0, 0.1) is 0 Å². The van der Waals surface area contributed by atoms with E-state index in [0.29, 0.717) is 17.0 Å². The molecule has 0 radical (unpaired) electrons. The number of aliphatic carboxylic acids is 1. The lowest BCUT2D eigenvalue weighted by molar-refractivity contribution is -0.139. The van der Waals surface area contributed by atoms with Crippen molar-refractivity contribution in [1.82, 2.24) is 5.32 Å². The number of carboxylic acid groups (broad SMARTS) is 1. The van der Waals surface area contributed by atoms with E-state index in [4.69, 9.17) is 9.47 Å². The van der Waals surface area contributed by atoms with Crippen LogP contribution in [0.1, 0.15) is 44.9 Å². The number of ether oxygens (including phenoxy) is 2. The maximum atomic E-state index is 12.9. The van der Waals surface area contributed by atoms with Crippen LogP contribution in [-0.2, 0) is 20.7 Å². The first-order valence-electron chi connectivity index (χ1n) is 19.8. The molecule has 60 heavy (non-hydrogen) atoms. The minimum Gasteiger partial charge on any atom is -0.484 e. The topological polar surface area (TPSA) is 114 Å². The average molecular weight is 791 g/mol. The fourth-order valence-electron chi connectivity index (χ4n) is 7.73. The number of anilines is 1. The highest BCUT2D eigenvalue weighted by Crippen LogP contribution is 2.44. The van der Waals surface area contributed by atoms with Crippen LogP contribution in [0.3, 0.4) is 0 Å². The number of carbonyl (C=O) groups excluding carboxylic acids is 2. The van der Waals surface area contributed by atoms with Gasteiger partial charge in [-0.15, -0.1) is 0 Å². The summed E-state index contributed by atoms with van der Waals surface area (Å²) in [5.41, 5.74) is 12.0. The summed E-state index contributed by atoms with van der Waals surface area (Å²) < 4.78 is 11.5. The normalized spacial score (nSPS) is 12.0. The van der Waals surface area contributed by atoms with Gasteiger partial charge < -0.3 is 25.2 Å². The highest BCUT2D eigenvalue weighted by molar-refractivity contribution is 6.04. The molecule has 0 heterocycles. The van der Waals surface area contributed by atoms with Crippen molar-refractivity contribution < 1.29 is 29.0 Å². The second-order valence-corrected chi connectivity index (χ2v) is 14.5. The Balaban J connectivity index is 0.872. The van der Waals surface area contributed by atoms with E-state index < -0.39 is 18.1 Å². The molecule has 7 aromatic rings. The number of rotatable bonds is 14. The Labute approximate surface area is 348 Å². The molecule has 0 fully saturated rings. The summed E-state index contributed by atoms with van der Waals surface area (Å²) in [6.07, 6.45) is -0.785. The van der Waals surface area contributed by atoms with Crippen molar-refractivity contribution in [2.24, 2.45) is 0 Å². The van der Waals surface area contributed by atoms with Crippen LogP contribution >= 0.6 is 0 Å². The first kappa shape index (κ1) is 39.1. The maximum Gasteiger partial charge on any atom is 0.407 e. The van der Waals surface area contributed by atoms with E-state index in [2.05, 4.69) is 47.0 Å². The molecule has 0 unspecified atom stereocenters. The molecule has 1 aliphatic carbocycles. The maximum absolute atomic E-state index is 12.9. The Morgan fingerprint density at radius 3 is 1.52 bits per heavy atom. The van der Waals surface area contributed by atoms with Gasteiger partial charge in [0.15, 0.2) is 6.61 Å². The predicted octanol–water partition coefficient (Wildman–Crippen LogP) is 10.2. The summed E-state index contributed by atoms with van der Waals surface area (Å²) in [5, 5.41) is 15.3. The van der Waals surface area contributed by atoms with Crippen molar-refractivity contribution in [3.63, 3.8) is 0 Å². The molecule has 0 spiro atoms.